The van der Waals surface area contributed by atoms with Crippen LogP contribution in [0.1, 0.15) is 37.3 Å². The smallest absolute Gasteiger partial charge is 0.252 e. The standard InChI is InChI=1S/C94H70BN3Si/c1-94(2,3)71-62-89-91-90(63-71)98(93-79(68-35-15-6-16-36-68)49-30-50-80(93)69-37-17-7-18-38-69)88-64-72(96-85-51-27-25-45-81(85)82-46-26-28-52-86(82)96)56-59-83(88)95(91)84-61-70(55-60-87(84)97(89)92-77(66-31-11-4-12-32-66)47-29-48-78(92)67-33-13-5-14-34-67)65-53-57-76(58-54-65)99(73-39-19-8-20-40-73,74-41-21-9-22-42-74)75-43-23-10-24-44-75/h4-64H,1-3H3/i25D,26D,27D,28D,45D,46D,51D,52D. The van der Waals surface area contributed by atoms with Crippen molar-refractivity contribution in [3.8, 4) is 61.3 Å². The van der Waals surface area contributed by atoms with Crippen LogP contribution in [0.4, 0.5) is 34.1 Å². The number of para-hydroxylation sites is 4. The maximum absolute atomic E-state index is 9.80. The second kappa shape index (κ2) is 24.3. The Morgan fingerprint density at radius 2 is 0.697 bits per heavy atom. The summed E-state index contributed by atoms with van der Waals surface area (Å²) in [6.45, 7) is 6.33. The van der Waals surface area contributed by atoms with E-state index in [0.717, 1.165) is 112 Å². The molecule has 0 radical (unpaired) electrons. The van der Waals surface area contributed by atoms with Crippen molar-refractivity contribution in [1.29, 1.82) is 0 Å². The summed E-state index contributed by atoms with van der Waals surface area (Å²) in [6.07, 6.45) is 0. The van der Waals surface area contributed by atoms with Crippen LogP contribution in [0.3, 0.4) is 0 Å². The Balaban J connectivity index is 0.984. The van der Waals surface area contributed by atoms with Gasteiger partial charge < -0.3 is 14.4 Å². The number of aromatic nitrogens is 1. The minimum atomic E-state index is -2.93. The van der Waals surface area contributed by atoms with Gasteiger partial charge in [0.2, 0.25) is 0 Å². The molecule has 0 amide bonds. The van der Waals surface area contributed by atoms with Gasteiger partial charge in [-0.3, -0.25) is 0 Å². The molecule has 5 heteroatoms. The van der Waals surface area contributed by atoms with E-state index >= 15 is 0 Å². The molecule has 18 rings (SSSR count). The van der Waals surface area contributed by atoms with Gasteiger partial charge >= 0.3 is 0 Å². The highest BCUT2D eigenvalue weighted by Crippen LogP contribution is 2.54. The quantitative estimate of drug-likeness (QED) is 0.0892. The number of anilines is 6. The van der Waals surface area contributed by atoms with E-state index in [1.54, 1.807) is 4.57 Å². The Morgan fingerprint density at radius 3 is 1.12 bits per heavy atom. The van der Waals surface area contributed by atoms with E-state index in [0.29, 0.717) is 5.69 Å². The first kappa shape index (κ1) is 51.3. The van der Waals surface area contributed by atoms with Crippen molar-refractivity contribution in [2.24, 2.45) is 0 Å². The lowest BCUT2D eigenvalue weighted by Gasteiger charge is -2.46. The molecule has 1 aromatic heterocycles. The molecule has 2 aliphatic heterocycles. The first-order valence-corrected chi connectivity index (χ1v) is 35.9. The SMILES string of the molecule is [2H]c1c([2H])c([2H])c2c(c1[2H])c1c([2H])c([2H])c([2H])c([2H])c1n2-c1ccc2c(c1)N(c1c(-c3ccccc3)cccc1-c1ccccc1)c1cc(C(C)(C)C)cc3c1B2c1cc(-c2ccc([Si](c4ccccc4)(c4ccccc4)c4ccccc4)cc2)ccc1N3c1c(-c2ccccc2)cccc1-c1ccccc1. The fraction of sp³-hybridized carbons (Fsp3) is 0.0426. The highest BCUT2D eigenvalue weighted by atomic mass is 28.3. The molecule has 0 aliphatic carbocycles. The Hall–Kier alpha value is -12.0. The van der Waals surface area contributed by atoms with E-state index in [9.17, 15) is 8.22 Å². The summed E-state index contributed by atoms with van der Waals surface area (Å²) < 4.78 is 76.9. The van der Waals surface area contributed by atoms with Gasteiger partial charge in [-0.05, 0) is 124 Å². The van der Waals surface area contributed by atoms with Gasteiger partial charge in [-0.15, -0.1) is 0 Å². The van der Waals surface area contributed by atoms with Crippen molar-refractivity contribution in [2.75, 3.05) is 9.80 Å². The van der Waals surface area contributed by atoms with Crippen LogP contribution in [0.15, 0.2) is 370 Å². The number of hydrogen-bond donors (Lipinski definition) is 0. The van der Waals surface area contributed by atoms with E-state index in [1.807, 2.05) is 18.2 Å². The van der Waals surface area contributed by atoms with Crippen molar-refractivity contribution in [1.82, 2.24) is 4.57 Å². The minimum absolute atomic E-state index is 0.0129. The number of benzene rings is 15. The van der Waals surface area contributed by atoms with Crippen molar-refractivity contribution >= 4 is 108 Å². The third kappa shape index (κ3) is 9.86. The van der Waals surface area contributed by atoms with Gasteiger partial charge in [0.25, 0.3) is 6.71 Å². The van der Waals surface area contributed by atoms with E-state index in [4.69, 9.17) is 2.74 Å². The highest BCUT2D eigenvalue weighted by molar-refractivity contribution is 7.20. The van der Waals surface area contributed by atoms with Gasteiger partial charge in [0, 0.05) is 61.5 Å². The topological polar surface area (TPSA) is 11.4 Å². The van der Waals surface area contributed by atoms with E-state index < -0.39 is 56.5 Å². The number of nitrogens with zero attached hydrogens (tertiary/aromatic N) is 3. The van der Waals surface area contributed by atoms with E-state index in [1.165, 1.54) is 20.7 Å². The van der Waals surface area contributed by atoms with Gasteiger partial charge in [0.15, 0.2) is 8.07 Å². The average molecular weight is 1290 g/mol. The maximum atomic E-state index is 9.80. The van der Waals surface area contributed by atoms with Crippen LogP contribution in [0, 0.1) is 0 Å². The number of fused-ring (bicyclic) bond motifs is 7. The molecule has 0 saturated carbocycles. The molecule has 0 saturated heterocycles. The molecule has 0 spiro atoms. The van der Waals surface area contributed by atoms with Crippen LogP contribution >= 0.6 is 0 Å². The molecular formula is C94H70BN3Si. The largest absolute Gasteiger partial charge is 0.310 e. The molecule has 0 fully saturated rings. The van der Waals surface area contributed by atoms with Crippen LogP contribution in [-0.2, 0) is 5.41 Å². The second-order valence-electron chi connectivity index (χ2n) is 26.9. The average Bonchev–Trinajstić information content (AvgIpc) is 1.69. The molecule has 16 aromatic rings. The Labute approximate surface area is 592 Å². The third-order valence-electron chi connectivity index (χ3n) is 20.3. The summed E-state index contributed by atoms with van der Waals surface area (Å²) in [6, 6.07) is 113. The molecule has 2 aliphatic rings. The van der Waals surface area contributed by atoms with Crippen LogP contribution in [0.25, 0.3) is 83.1 Å². The van der Waals surface area contributed by atoms with Gasteiger partial charge in [0.05, 0.1) is 33.4 Å². The molecule has 0 N–H and O–H groups in total. The number of rotatable bonds is 12. The Bertz CT molecular complexity index is 5910. The van der Waals surface area contributed by atoms with E-state index in [-0.39, 0.29) is 33.9 Å². The molecule has 99 heavy (non-hydrogen) atoms. The lowest BCUT2D eigenvalue weighted by molar-refractivity contribution is 0.590. The lowest BCUT2D eigenvalue weighted by atomic mass is 9.33. The molecule has 3 nitrogen and oxygen atoms in total. The van der Waals surface area contributed by atoms with Crippen molar-refractivity contribution < 1.29 is 11.0 Å². The van der Waals surface area contributed by atoms with Crippen molar-refractivity contribution in [3.63, 3.8) is 0 Å². The molecule has 0 unspecified atom stereocenters. The summed E-state index contributed by atoms with van der Waals surface area (Å²) in [4.78, 5) is 4.98. The predicted octanol–water partition coefficient (Wildman–Crippen LogP) is 19.9. The normalized spacial score (nSPS) is 13.7. The Kier molecular flexibility index (Phi) is 12.6. The molecule has 468 valence electrons. The minimum Gasteiger partial charge on any atom is -0.310 e. The Morgan fingerprint density at radius 1 is 0.313 bits per heavy atom. The summed E-state index contributed by atoms with van der Waals surface area (Å²) >= 11 is 0. The van der Waals surface area contributed by atoms with E-state index in [2.05, 4.69) is 334 Å². The van der Waals surface area contributed by atoms with Crippen molar-refractivity contribution in [2.45, 2.75) is 26.2 Å². The van der Waals surface area contributed by atoms with Crippen molar-refractivity contribution in [3.05, 3.63) is 375 Å². The summed E-state index contributed by atoms with van der Waals surface area (Å²) in [5, 5.41) is 5.15. The third-order valence-corrected chi connectivity index (χ3v) is 25.1. The summed E-state index contributed by atoms with van der Waals surface area (Å²) in [5.74, 6) is 0. The maximum Gasteiger partial charge on any atom is 0.252 e. The molecule has 3 heterocycles. The molecule has 0 atom stereocenters. The van der Waals surface area contributed by atoms with Gasteiger partial charge in [-0.1, -0.05) is 348 Å². The fourth-order valence-electron chi connectivity index (χ4n) is 15.8. The molecular weight excluding hydrogens is 1210 g/mol. The summed E-state index contributed by atoms with van der Waals surface area (Å²) in [7, 11) is -2.93. The predicted molar refractivity (Wildman–Crippen MR) is 424 cm³/mol. The number of hydrogen-bond acceptors (Lipinski definition) is 2. The van der Waals surface area contributed by atoms with Crippen LogP contribution in [0.2, 0.25) is 0 Å². The summed E-state index contributed by atoms with van der Waals surface area (Å²) in [5.41, 5.74) is 19.9. The van der Waals surface area contributed by atoms with Gasteiger partial charge in [-0.25, -0.2) is 0 Å². The molecule has 0 bridgehead atoms. The van der Waals surface area contributed by atoms with Crippen LogP contribution in [0.5, 0.6) is 0 Å². The monoisotopic (exact) mass is 1290 g/mol. The molecule has 15 aromatic carbocycles. The zero-order valence-electron chi connectivity index (χ0n) is 63.0. The zero-order chi connectivity index (χ0) is 73.1. The fourth-order valence-corrected chi connectivity index (χ4v) is 20.6. The van der Waals surface area contributed by atoms with Crippen LogP contribution in [-0.4, -0.2) is 19.4 Å². The zero-order valence-corrected chi connectivity index (χ0v) is 56.0. The first-order chi connectivity index (χ1) is 52.1. The van der Waals surface area contributed by atoms with Gasteiger partial charge in [0.1, 0.15) is 0 Å². The second-order valence-corrected chi connectivity index (χ2v) is 30.7. The lowest BCUT2D eigenvalue weighted by Crippen LogP contribution is -2.74. The highest BCUT2D eigenvalue weighted by Gasteiger charge is 2.47. The van der Waals surface area contributed by atoms with Crippen LogP contribution < -0.4 is 46.9 Å². The van der Waals surface area contributed by atoms with Gasteiger partial charge in [-0.2, -0.15) is 0 Å². The first-order valence-electron chi connectivity index (χ1n) is 37.9.